The van der Waals surface area contributed by atoms with Crippen molar-refractivity contribution in [3.8, 4) is 11.5 Å². The molecule has 1 aliphatic rings. The minimum absolute atomic E-state index is 0.211. The number of rotatable bonds is 9. The third-order valence-electron chi connectivity index (χ3n) is 5.65. The van der Waals surface area contributed by atoms with Crippen LogP contribution in [0.2, 0.25) is 0 Å². The topological polar surface area (TPSA) is 57.2 Å². The van der Waals surface area contributed by atoms with Crippen LogP contribution in [0.25, 0.3) is 0 Å². The first-order valence-electron chi connectivity index (χ1n) is 11.8. The first-order valence-corrected chi connectivity index (χ1v) is 11.8. The molecule has 2 aromatic carbocycles. The number of likely N-dealkylation sites (tertiary alicyclic amines) is 1. The van der Waals surface area contributed by atoms with Crippen LogP contribution >= 0.6 is 0 Å². The third kappa shape index (κ3) is 7.97. The standard InChI is InChI=1S/C27H37NO5/c1-27(2,3)33-26(29)28-16-14-22(15-17-28)21-10-12-24(13-11-21)32-19-7-18-31-20-23-8-5-6-9-25(23)30-4/h5-6,8-13,22H,7,14-20H2,1-4H3. The number of nitrogens with zero attached hydrogens (tertiary/aromatic N) is 1. The van der Waals surface area contributed by atoms with Crippen LogP contribution in [0, 0.1) is 0 Å². The highest BCUT2D eigenvalue weighted by atomic mass is 16.6. The van der Waals surface area contributed by atoms with Gasteiger partial charge < -0.3 is 23.8 Å². The van der Waals surface area contributed by atoms with Crippen molar-refractivity contribution in [2.45, 2.75) is 58.2 Å². The zero-order chi connectivity index (χ0) is 23.7. The van der Waals surface area contributed by atoms with Gasteiger partial charge in [0, 0.05) is 25.1 Å². The highest BCUT2D eigenvalue weighted by molar-refractivity contribution is 5.68. The van der Waals surface area contributed by atoms with Gasteiger partial charge in [-0.25, -0.2) is 4.79 Å². The van der Waals surface area contributed by atoms with Crippen molar-refractivity contribution < 1.29 is 23.7 Å². The van der Waals surface area contributed by atoms with E-state index >= 15 is 0 Å². The van der Waals surface area contributed by atoms with Gasteiger partial charge in [-0.1, -0.05) is 30.3 Å². The zero-order valence-corrected chi connectivity index (χ0v) is 20.3. The molecule has 1 saturated heterocycles. The molecule has 1 fully saturated rings. The predicted octanol–water partition coefficient (Wildman–Crippen LogP) is 5.80. The third-order valence-corrected chi connectivity index (χ3v) is 5.65. The summed E-state index contributed by atoms with van der Waals surface area (Å²) in [5.41, 5.74) is 1.89. The van der Waals surface area contributed by atoms with Gasteiger partial charge in [0.25, 0.3) is 0 Å². The zero-order valence-electron chi connectivity index (χ0n) is 20.3. The SMILES string of the molecule is COc1ccccc1COCCCOc1ccc(C2CCN(C(=O)OC(C)(C)C)CC2)cc1. The van der Waals surface area contributed by atoms with Crippen molar-refractivity contribution in [2.75, 3.05) is 33.4 Å². The summed E-state index contributed by atoms with van der Waals surface area (Å²) in [6.45, 7) is 8.93. The smallest absolute Gasteiger partial charge is 0.410 e. The van der Waals surface area contributed by atoms with Crippen LogP contribution in [0.4, 0.5) is 4.79 Å². The van der Waals surface area contributed by atoms with Gasteiger partial charge in [-0.3, -0.25) is 0 Å². The molecule has 0 N–H and O–H groups in total. The summed E-state index contributed by atoms with van der Waals surface area (Å²) >= 11 is 0. The normalized spacial score (nSPS) is 14.7. The van der Waals surface area contributed by atoms with E-state index in [1.54, 1.807) is 7.11 Å². The van der Waals surface area contributed by atoms with Gasteiger partial charge in [-0.15, -0.1) is 0 Å². The molecule has 1 amide bonds. The van der Waals surface area contributed by atoms with Crippen molar-refractivity contribution >= 4 is 6.09 Å². The fourth-order valence-corrected chi connectivity index (χ4v) is 3.91. The second kappa shape index (κ2) is 11.9. The number of benzene rings is 2. The molecule has 6 nitrogen and oxygen atoms in total. The maximum Gasteiger partial charge on any atom is 0.410 e. The molecule has 3 rings (SSSR count). The summed E-state index contributed by atoms with van der Waals surface area (Å²) in [7, 11) is 1.67. The monoisotopic (exact) mass is 455 g/mol. The number of piperidine rings is 1. The van der Waals surface area contributed by atoms with Crippen LogP contribution in [0.15, 0.2) is 48.5 Å². The molecule has 1 heterocycles. The Bertz CT molecular complexity index is 867. The summed E-state index contributed by atoms with van der Waals surface area (Å²) in [5.74, 6) is 2.18. The van der Waals surface area contributed by atoms with E-state index < -0.39 is 5.60 Å². The lowest BCUT2D eigenvalue weighted by atomic mass is 9.89. The van der Waals surface area contributed by atoms with Crippen LogP contribution < -0.4 is 9.47 Å². The van der Waals surface area contributed by atoms with E-state index in [1.165, 1.54) is 5.56 Å². The molecule has 0 unspecified atom stereocenters. The molecule has 0 aromatic heterocycles. The van der Waals surface area contributed by atoms with E-state index in [4.69, 9.17) is 18.9 Å². The van der Waals surface area contributed by atoms with Gasteiger partial charge in [0.2, 0.25) is 0 Å². The first kappa shape index (κ1) is 24.9. The van der Waals surface area contributed by atoms with E-state index in [1.807, 2.05) is 62.1 Å². The van der Waals surface area contributed by atoms with Crippen molar-refractivity contribution in [3.05, 3.63) is 59.7 Å². The van der Waals surface area contributed by atoms with Gasteiger partial charge in [-0.05, 0) is 63.3 Å². The molecule has 0 atom stereocenters. The van der Waals surface area contributed by atoms with Gasteiger partial charge in [0.05, 0.1) is 26.9 Å². The minimum atomic E-state index is -0.453. The Morgan fingerprint density at radius 1 is 1.00 bits per heavy atom. The number of hydrogen-bond acceptors (Lipinski definition) is 5. The first-order chi connectivity index (χ1) is 15.9. The van der Waals surface area contributed by atoms with Crippen molar-refractivity contribution in [2.24, 2.45) is 0 Å². The molecule has 0 bridgehead atoms. The fraction of sp³-hybridized carbons (Fsp3) is 0.519. The maximum absolute atomic E-state index is 12.2. The summed E-state index contributed by atoms with van der Waals surface area (Å²) in [6, 6.07) is 16.2. The highest BCUT2D eigenvalue weighted by Crippen LogP contribution is 2.30. The Hall–Kier alpha value is -2.73. The second-order valence-electron chi connectivity index (χ2n) is 9.38. The summed E-state index contributed by atoms with van der Waals surface area (Å²) in [5, 5.41) is 0. The van der Waals surface area contributed by atoms with Gasteiger partial charge in [-0.2, -0.15) is 0 Å². The lowest BCUT2D eigenvalue weighted by molar-refractivity contribution is 0.0205. The molecule has 33 heavy (non-hydrogen) atoms. The Kier molecular flexibility index (Phi) is 9.01. The predicted molar refractivity (Wildman–Crippen MR) is 129 cm³/mol. The van der Waals surface area contributed by atoms with E-state index in [0.717, 1.165) is 49.4 Å². The quantitative estimate of drug-likeness (QED) is 0.448. The van der Waals surface area contributed by atoms with Gasteiger partial charge >= 0.3 is 6.09 Å². The van der Waals surface area contributed by atoms with Crippen LogP contribution in [-0.4, -0.2) is 50.0 Å². The van der Waals surface area contributed by atoms with Gasteiger partial charge in [0.1, 0.15) is 17.1 Å². The van der Waals surface area contributed by atoms with E-state index in [2.05, 4.69) is 12.1 Å². The number of para-hydroxylation sites is 1. The Morgan fingerprint density at radius 2 is 1.70 bits per heavy atom. The molecule has 0 radical (unpaired) electrons. The average molecular weight is 456 g/mol. The summed E-state index contributed by atoms with van der Waals surface area (Å²) in [6.07, 6.45) is 2.50. The molecular weight excluding hydrogens is 418 g/mol. The van der Waals surface area contributed by atoms with E-state index in [0.29, 0.717) is 25.7 Å². The molecule has 0 spiro atoms. The van der Waals surface area contributed by atoms with E-state index in [9.17, 15) is 4.79 Å². The highest BCUT2D eigenvalue weighted by Gasteiger charge is 2.27. The maximum atomic E-state index is 12.2. The molecule has 0 aliphatic carbocycles. The average Bonchev–Trinajstić information content (AvgIpc) is 2.81. The van der Waals surface area contributed by atoms with Crippen LogP contribution in [0.3, 0.4) is 0 Å². The molecular formula is C27H37NO5. The Morgan fingerprint density at radius 3 is 2.36 bits per heavy atom. The molecule has 180 valence electrons. The Balaban J connectivity index is 1.34. The van der Waals surface area contributed by atoms with Crippen molar-refractivity contribution in [1.29, 1.82) is 0 Å². The number of amides is 1. The molecule has 2 aromatic rings. The Labute approximate surface area is 197 Å². The largest absolute Gasteiger partial charge is 0.496 e. The summed E-state index contributed by atoms with van der Waals surface area (Å²) in [4.78, 5) is 14.1. The fourth-order valence-electron chi connectivity index (χ4n) is 3.91. The second-order valence-corrected chi connectivity index (χ2v) is 9.38. The molecule has 0 saturated carbocycles. The van der Waals surface area contributed by atoms with Gasteiger partial charge in [0.15, 0.2) is 0 Å². The lowest BCUT2D eigenvalue weighted by Crippen LogP contribution is -2.41. The number of carbonyl (C=O) groups is 1. The minimum Gasteiger partial charge on any atom is -0.496 e. The van der Waals surface area contributed by atoms with Crippen molar-refractivity contribution in [3.63, 3.8) is 0 Å². The lowest BCUT2D eigenvalue weighted by Gasteiger charge is -2.33. The number of methoxy groups -OCH3 is 1. The number of ether oxygens (including phenoxy) is 4. The van der Waals surface area contributed by atoms with Crippen LogP contribution in [0.1, 0.15) is 57.1 Å². The number of carbonyl (C=O) groups excluding carboxylic acids is 1. The number of hydrogen-bond donors (Lipinski definition) is 0. The molecule has 1 aliphatic heterocycles. The van der Waals surface area contributed by atoms with E-state index in [-0.39, 0.29) is 6.09 Å². The van der Waals surface area contributed by atoms with Crippen LogP contribution in [0.5, 0.6) is 11.5 Å². The van der Waals surface area contributed by atoms with Crippen molar-refractivity contribution in [1.82, 2.24) is 4.90 Å². The molecule has 6 heteroatoms. The van der Waals surface area contributed by atoms with Crippen LogP contribution in [-0.2, 0) is 16.1 Å². The summed E-state index contributed by atoms with van der Waals surface area (Å²) < 4.78 is 22.4.